The summed E-state index contributed by atoms with van der Waals surface area (Å²) in [7, 11) is 0. The van der Waals surface area contributed by atoms with Crippen molar-refractivity contribution in [3.8, 4) is 5.75 Å². The molecule has 3 heterocycles. The second-order valence-corrected chi connectivity index (χ2v) is 11.1. The Balaban J connectivity index is 1.19. The molecule has 1 aromatic carbocycles. The number of fused-ring (bicyclic) bond motifs is 1. The number of imidazole rings is 1. The first kappa shape index (κ1) is 24.4. The van der Waals surface area contributed by atoms with Crippen molar-refractivity contribution in [2.75, 3.05) is 39.3 Å². The number of nitrogens with zero attached hydrogens (tertiary/aromatic N) is 4. The van der Waals surface area contributed by atoms with E-state index >= 15 is 0 Å². The average molecular weight is 479 g/mol. The van der Waals surface area contributed by atoms with Gasteiger partial charge in [-0.1, -0.05) is 24.6 Å². The number of piperidine rings is 1. The van der Waals surface area contributed by atoms with Crippen LogP contribution in [0.3, 0.4) is 0 Å². The van der Waals surface area contributed by atoms with Crippen LogP contribution in [-0.4, -0.2) is 64.6 Å². The molecule has 5 rings (SSSR count). The Morgan fingerprint density at radius 3 is 2.74 bits per heavy atom. The van der Waals surface area contributed by atoms with E-state index in [1.54, 1.807) is 6.20 Å². The molecule has 1 aliphatic carbocycles. The summed E-state index contributed by atoms with van der Waals surface area (Å²) in [6.45, 7) is 6.84. The highest BCUT2D eigenvalue weighted by Crippen LogP contribution is 2.40. The van der Waals surface area contributed by atoms with Gasteiger partial charge in [-0.05, 0) is 74.3 Å². The Morgan fingerprint density at radius 1 is 1.09 bits per heavy atom. The topological polar surface area (TPSA) is 50.6 Å². The summed E-state index contributed by atoms with van der Waals surface area (Å²) in [5.74, 6) is 2.28. The Morgan fingerprint density at radius 2 is 1.94 bits per heavy atom. The minimum absolute atomic E-state index is 0.327. The van der Waals surface area contributed by atoms with E-state index in [9.17, 15) is 4.79 Å². The number of hydrogen-bond donors (Lipinski definition) is 0. The van der Waals surface area contributed by atoms with Crippen LogP contribution in [0.5, 0.6) is 5.75 Å². The molecule has 0 radical (unpaired) electrons. The Hall–Kier alpha value is -2.34. The van der Waals surface area contributed by atoms with Crippen LogP contribution in [0.15, 0.2) is 43.0 Å². The molecule has 1 amide bonds. The van der Waals surface area contributed by atoms with Crippen molar-refractivity contribution in [2.24, 2.45) is 11.3 Å². The SMILES string of the molecule is O=C(CCCn1ccnc1)N1CCC2(CCCCc3ccccc3OCCN(CC3CC3)C2)CC1. The molecule has 1 saturated heterocycles. The van der Waals surface area contributed by atoms with Crippen molar-refractivity contribution in [1.29, 1.82) is 0 Å². The third-order valence-corrected chi connectivity index (χ3v) is 8.36. The van der Waals surface area contributed by atoms with Crippen LogP contribution in [0.2, 0.25) is 0 Å². The Labute approximate surface area is 210 Å². The number of rotatable bonds is 6. The normalized spacial score (nSPS) is 21.5. The lowest BCUT2D eigenvalue weighted by Gasteiger charge is -2.45. The first-order chi connectivity index (χ1) is 17.2. The highest BCUT2D eigenvalue weighted by Gasteiger charge is 2.38. The van der Waals surface area contributed by atoms with Gasteiger partial charge in [-0.3, -0.25) is 9.69 Å². The first-order valence-electron chi connectivity index (χ1n) is 13.9. The molecule has 1 aromatic heterocycles. The molecule has 35 heavy (non-hydrogen) atoms. The molecule has 0 atom stereocenters. The van der Waals surface area contributed by atoms with Crippen LogP contribution < -0.4 is 4.74 Å². The molecule has 1 saturated carbocycles. The van der Waals surface area contributed by atoms with E-state index in [-0.39, 0.29) is 0 Å². The van der Waals surface area contributed by atoms with Gasteiger partial charge in [0.2, 0.25) is 5.91 Å². The number of aryl methyl sites for hydroxylation is 2. The number of benzene rings is 1. The summed E-state index contributed by atoms with van der Waals surface area (Å²) >= 11 is 0. The van der Waals surface area contributed by atoms with Gasteiger partial charge in [0.15, 0.2) is 0 Å². The fraction of sp³-hybridized carbons (Fsp3) is 0.655. The van der Waals surface area contributed by atoms with Gasteiger partial charge in [0.1, 0.15) is 12.4 Å². The lowest BCUT2D eigenvalue weighted by Crippen LogP contribution is -2.49. The molecular weight excluding hydrogens is 436 g/mol. The van der Waals surface area contributed by atoms with Crippen LogP contribution >= 0.6 is 0 Å². The molecular formula is C29H42N4O2. The summed E-state index contributed by atoms with van der Waals surface area (Å²) in [4.78, 5) is 21.8. The highest BCUT2D eigenvalue weighted by atomic mass is 16.5. The van der Waals surface area contributed by atoms with E-state index in [0.717, 1.165) is 76.7 Å². The fourth-order valence-corrected chi connectivity index (χ4v) is 6.03. The number of amides is 1. The van der Waals surface area contributed by atoms with E-state index in [1.165, 1.54) is 44.2 Å². The van der Waals surface area contributed by atoms with E-state index < -0.39 is 0 Å². The molecule has 0 unspecified atom stereocenters. The predicted molar refractivity (Wildman–Crippen MR) is 138 cm³/mol. The molecule has 2 fully saturated rings. The average Bonchev–Trinajstić information content (AvgIpc) is 3.53. The molecule has 3 aliphatic rings. The lowest BCUT2D eigenvalue weighted by molar-refractivity contribution is -0.134. The van der Waals surface area contributed by atoms with E-state index in [4.69, 9.17) is 4.74 Å². The molecule has 1 spiro atoms. The first-order valence-corrected chi connectivity index (χ1v) is 13.9. The van der Waals surface area contributed by atoms with Gasteiger partial charge in [-0.2, -0.15) is 0 Å². The van der Waals surface area contributed by atoms with Crippen molar-refractivity contribution >= 4 is 5.91 Å². The van der Waals surface area contributed by atoms with E-state index in [1.807, 2.05) is 12.5 Å². The number of carbonyl (C=O) groups excluding carboxylic acids is 1. The van der Waals surface area contributed by atoms with Crippen molar-refractivity contribution in [3.05, 3.63) is 48.5 Å². The van der Waals surface area contributed by atoms with E-state index in [0.29, 0.717) is 17.7 Å². The smallest absolute Gasteiger partial charge is 0.222 e. The quantitative estimate of drug-likeness (QED) is 0.599. The minimum atomic E-state index is 0.327. The molecule has 0 N–H and O–H groups in total. The Bertz CT molecular complexity index is 932. The summed E-state index contributed by atoms with van der Waals surface area (Å²) in [6.07, 6.45) is 17.0. The van der Waals surface area contributed by atoms with Gasteiger partial charge in [-0.25, -0.2) is 4.98 Å². The monoisotopic (exact) mass is 478 g/mol. The Kier molecular flexibility index (Phi) is 8.07. The van der Waals surface area contributed by atoms with Crippen LogP contribution in [0, 0.1) is 11.3 Å². The summed E-state index contributed by atoms with van der Waals surface area (Å²) in [5.41, 5.74) is 1.69. The zero-order valence-corrected chi connectivity index (χ0v) is 21.2. The second kappa shape index (κ2) is 11.6. The molecule has 0 bridgehead atoms. The van der Waals surface area contributed by atoms with E-state index in [2.05, 4.69) is 43.6 Å². The minimum Gasteiger partial charge on any atom is -0.492 e. The summed E-state index contributed by atoms with van der Waals surface area (Å²) < 4.78 is 8.34. The third kappa shape index (κ3) is 6.87. The summed E-state index contributed by atoms with van der Waals surface area (Å²) in [5, 5.41) is 0. The number of hydrogen-bond acceptors (Lipinski definition) is 4. The van der Waals surface area contributed by atoms with Crippen molar-refractivity contribution in [3.63, 3.8) is 0 Å². The number of ether oxygens (including phenoxy) is 1. The maximum atomic E-state index is 12.9. The van der Waals surface area contributed by atoms with Crippen LogP contribution in [0.25, 0.3) is 0 Å². The van der Waals surface area contributed by atoms with Crippen molar-refractivity contribution in [1.82, 2.24) is 19.4 Å². The fourth-order valence-electron chi connectivity index (χ4n) is 6.03. The third-order valence-electron chi connectivity index (χ3n) is 8.36. The number of aromatic nitrogens is 2. The van der Waals surface area contributed by atoms with Gasteiger partial charge < -0.3 is 14.2 Å². The summed E-state index contributed by atoms with van der Waals surface area (Å²) in [6, 6.07) is 8.59. The standard InChI is InChI=1S/C29H42N4O2/c34-28(9-5-16-31-19-15-30-24-31)33-17-13-29(14-18-33)12-4-3-7-26-6-1-2-8-27(26)35-21-20-32(23-29)22-25-10-11-25/h1-2,6,8,15,19,24-25H,3-5,7,9-14,16-18,20-23H2. The van der Waals surface area contributed by atoms with Crippen molar-refractivity contribution < 1.29 is 9.53 Å². The molecule has 190 valence electrons. The second-order valence-electron chi connectivity index (χ2n) is 11.1. The number of carbonyl (C=O) groups is 1. The van der Waals surface area contributed by atoms with Gasteiger partial charge in [0.25, 0.3) is 0 Å². The maximum absolute atomic E-state index is 12.9. The predicted octanol–water partition coefficient (Wildman–Crippen LogP) is 4.79. The molecule has 6 nitrogen and oxygen atoms in total. The number of likely N-dealkylation sites (tertiary alicyclic amines) is 1. The van der Waals surface area contributed by atoms with Gasteiger partial charge in [-0.15, -0.1) is 0 Å². The highest BCUT2D eigenvalue weighted by molar-refractivity contribution is 5.76. The molecule has 6 heteroatoms. The van der Waals surface area contributed by atoms with Gasteiger partial charge in [0.05, 0.1) is 6.33 Å². The largest absolute Gasteiger partial charge is 0.492 e. The number of para-hydroxylation sites is 1. The zero-order valence-electron chi connectivity index (χ0n) is 21.2. The van der Waals surface area contributed by atoms with Crippen molar-refractivity contribution in [2.45, 2.75) is 70.8 Å². The molecule has 2 aromatic rings. The van der Waals surface area contributed by atoms with Crippen LogP contribution in [-0.2, 0) is 17.8 Å². The maximum Gasteiger partial charge on any atom is 0.222 e. The molecule has 2 aliphatic heterocycles. The van der Waals surface area contributed by atoms with Crippen LogP contribution in [0.4, 0.5) is 0 Å². The van der Waals surface area contributed by atoms with Gasteiger partial charge in [0, 0.05) is 58.1 Å². The zero-order chi connectivity index (χ0) is 23.9. The lowest BCUT2D eigenvalue weighted by atomic mass is 9.73. The van der Waals surface area contributed by atoms with Gasteiger partial charge >= 0.3 is 0 Å². The van der Waals surface area contributed by atoms with Crippen LogP contribution in [0.1, 0.15) is 63.4 Å².